The number of aromatic amines is 1. The van der Waals surface area contributed by atoms with E-state index in [1.54, 1.807) is 31.2 Å². The molecule has 0 unspecified atom stereocenters. The zero-order valence-corrected chi connectivity index (χ0v) is 17.5. The molecule has 162 valence electrons. The number of carbonyl (C=O) groups is 1. The highest BCUT2D eigenvalue weighted by Gasteiger charge is 2.22. The zero-order valence-electron chi connectivity index (χ0n) is 15.9. The molecule has 0 saturated carbocycles. The van der Waals surface area contributed by atoms with Gasteiger partial charge in [0, 0.05) is 6.21 Å². The Balaban J connectivity index is 2.16. The van der Waals surface area contributed by atoms with Gasteiger partial charge in [0.05, 0.1) is 27.8 Å². The number of aromatic nitrogens is 2. The fourth-order valence-electron chi connectivity index (χ4n) is 2.63. The average Bonchev–Trinajstić information content (AvgIpc) is 3.03. The lowest BCUT2D eigenvalue weighted by molar-refractivity contribution is 0.0518. The molecule has 0 amide bonds. The number of benzene rings is 2. The lowest BCUT2D eigenvalue weighted by atomic mass is 10.2. The predicted octanol–water partition coefficient (Wildman–Crippen LogP) is 2.70. The summed E-state index contributed by atoms with van der Waals surface area (Å²) in [6.07, 6.45) is 0.973. The van der Waals surface area contributed by atoms with Crippen LogP contribution in [0.3, 0.4) is 0 Å². The van der Waals surface area contributed by atoms with Crippen LogP contribution in [0.5, 0.6) is 5.75 Å². The van der Waals surface area contributed by atoms with Crippen LogP contribution in [-0.2, 0) is 14.9 Å². The second-order valence-corrected chi connectivity index (χ2v) is 7.93. The second kappa shape index (κ2) is 8.76. The zero-order chi connectivity index (χ0) is 22.8. The molecule has 0 fully saturated rings. The van der Waals surface area contributed by atoms with Gasteiger partial charge >= 0.3 is 5.97 Å². The number of ether oxygens (including phenoxy) is 1. The Morgan fingerprint density at radius 2 is 2.00 bits per heavy atom. The van der Waals surface area contributed by atoms with Crippen LogP contribution in [0.25, 0.3) is 5.69 Å². The number of aliphatic imine (C=N–C) groups is 1. The number of phenols is 1. The molecule has 10 nitrogen and oxygen atoms in total. The lowest BCUT2D eigenvalue weighted by Gasteiger charge is -2.03. The van der Waals surface area contributed by atoms with Crippen LogP contribution in [0.4, 0.5) is 5.69 Å². The van der Waals surface area contributed by atoms with E-state index in [-0.39, 0.29) is 34.3 Å². The largest absolute Gasteiger partial charge is 0.506 e. The number of rotatable bonds is 6. The van der Waals surface area contributed by atoms with Crippen molar-refractivity contribution in [3.05, 3.63) is 69.1 Å². The predicted molar refractivity (Wildman–Crippen MR) is 113 cm³/mol. The van der Waals surface area contributed by atoms with Gasteiger partial charge in [0.25, 0.3) is 15.7 Å². The van der Waals surface area contributed by atoms with Crippen LogP contribution in [0.2, 0.25) is 5.02 Å². The van der Waals surface area contributed by atoms with Gasteiger partial charge < -0.3 is 9.84 Å². The summed E-state index contributed by atoms with van der Waals surface area (Å²) in [5, 5.41) is 12.8. The number of para-hydroxylation sites is 1. The van der Waals surface area contributed by atoms with Gasteiger partial charge in [-0.25, -0.2) is 9.48 Å². The molecule has 31 heavy (non-hydrogen) atoms. The average molecular weight is 466 g/mol. The summed E-state index contributed by atoms with van der Waals surface area (Å²) >= 11 is 6.14. The minimum absolute atomic E-state index is 0.0475. The first-order valence-corrected chi connectivity index (χ1v) is 10.6. The minimum atomic E-state index is -4.54. The lowest BCUT2D eigenvalue weighted by Crippen LogP contribution is -2.17. The monoisotopic (exact) mass is 465 g/mol. The number of aromatic hydroxyl groups is 1. The molecule has 0 aliphatic carbocycles. The van der Waals surface area contributed by atoms with Crippen LogP contribution in [0.15, 0.2) is 57.1 Å². The van der Waals surface area contributed by atoms with Crippen molar-refractivity contribution in [3.63, 3.8) is 0 Å². The number of carbonyl (C=O) groups excluding carboxylic acids is 1. The molecular weight excluding hydrogens is 450 g/mol. The number of nitrogens with one attached hydrogen (secondary N) is 1. The van der Waals surface area contributed by atoms with Crippen LogP contribution in [-0.4, -0.2) is 46.6 Å². The van der Waals surface area contributed by atoms with Crippen molar-refractivity contribution >= 4 is 39.6 Å². The highest BCUT2D eigenvalue weighted by atomic mass is 35.5. The molecule has 1 aromatic heterocycles. The highest BCUT2D eigenvalue weighted by molar-refractivity contribution is 7.85. The van der Waals surface area contributed by atoms with Gasteiger partial charge in [-0.3, -0.25) is 19.4 Å². The topological polar surface area (TPSA) is 151 Å². The number of nitrogens with zero attached hydrogens (tertiary/aromatic N) is 2. The summed E-state index contributed by atoms with van der Waals surface area (Å²) in [7, 11) is -4.54. The van der Waals surface area contributed by atoms with E-state index in [4.69, 9.17) is 16.3 Å². The summed E-state index contributed by atoms with van der Waals surface area (Å²) in [6.45, 7) is 1.64. The van der Waals surface area contributed by atoms with E-state index < -0.39 is 32.3 Å². The van der Waals surface area contributed by atoms with Crippen LogP contribution < -0.4 is 5.56 Å². The van der Waals surface area contributed by atoms with Gasteiger partial charge in [-0.05, 0) is 37.3 Å². The molecule has 12 heteroatoms. The van der Waals surface area contributed by atoms with E-state index in [0.29, 0.717) is 0 Å². The molecule has 0 saturated heterocycles. The normalized spacial score (nSPS) is 11.7. The molecule has 3 aromatic rings. The van der Waals surface area contributed by atoms with E-state index in [2.05, 4.69) is 10.1 Å². The van der Waals surface area contributed by atoms with Crippen LogP contribution in [0.1, 0.15) is 23.0 Å². The van der Waals surface area contributed by atoms with E-state index >= 15 is 0 Å². The minimum Gasteiger partial charge on any atom is -0.506 e. The number of hydrogen-bond acceptors (Lipinski definition) is 7. The molecule has 3 N–H and O–H groups in total. The standard InChI is InChI=1S/C19H16ClN3O7S/c1-2-30-19(26)17-12(18(25)23(22-17)15-6-4-3-5-13(15)20)10-21-14-9-11(31(27,28)29)7-8-16(14)24/h3-10,22,24H,2H2,1H3,(H,27,28,29). The maximum Gasteiger partial charge on any atom is 0.357 e. The SMILES string of the molecule is CCOC(=O)c1[nH]n(-c2ccccc2Cl)c(=O)c1C=Nc1cc(S(=O)(=O)O)ccc1O. The van der Waals surface area contributed by atoms with Gasteiger partial charge in [-0.15, -0.1) is 0 Å². The summed E-state index contributed by atoms with van der Waals surface area (Å²) < 4.78 is 37.8. The maximum absolute atomic E-state index is 13.0. The Morgan fingerprint density at radius 3 is 2.65 bits per heavy atom. The van der Waals surface area contributed by atoms with Crippen molar-refractivity contribution in [2.24, 2.45) is 4.99 Å². The van der Waals surface area contributed by atoms with E-state index in [0.717, 1.165) is 29.1 Å². The molecule has 0 atom stereocenters. The first-order valence-electron chi connectivity index (χ1n) is 8.75. The summed E-state index contributed by atoms with van der Waals surface area (Å²) in [6, 6.07) is 9.32. The van der Waals surface area contributed by atoms with Gasteiger partial charge in [0.1, 0.15) is 11.4 Å². The third kappa shape index (κ3) is 4.68. The highest BCUT2D eigenvalue weighted by Crippen LogP contribution is 2.29. The van der Waals surface area contributed by atoms with E-state index in [9.17, 15) is 27.7 Å². The number of phenolic OH excluding ortho intramolecular Hbond substituents is 1. The van der Waals surface area contributed by atoms with Gasteiger partial charge in [-0.2, -0.15) is 8.42 Å². The smallest absolute Gasteiger partial charge is 0.357 e. The van der Waals surface area contributed by atoms with Crippen molar-refractivity contribution < 1.29 is 27.6 Å². The third-order valence-corrected chi connectivity index (χ3v) is 5.25. The molecule has 0 bridgehead atoms. The van der Waals surface area contributed by atoms with E-state index in [1.807, 2.05) is 0 Å². The van der Waals surface area contributed by atoms with Gasteiger partial charge in [0.15, 0.2) is 5.69 Å². The number of halogens is 1. The van der Waals surface area contributed by atoms with Crippen LogP contribution in [0, 0.1) is 0 Å². The van der Waals surface area contributed by atoms with Gasteiger partial charge in [0.2, 0.25) is 0 Å². The molecule has 3 rings (SSSR count). The second-order valence-electron chi connectivity index (χ2n) is 6.10. The number of hydrogen-bond donors (Lipinski definition) is 3. The molecule has 0 radical (unpaired) electrons. The Morgan fingerprint density at radius 1 is 1.29 bits per heavy atom. The fourth-order valence-corrected chi connectivity index (χ4v) is 3.35. The Hall–Kier alpha value is -3.41. The van der Waals surface area contributed by atoms with Crippen molar-refractivity contribution in [2.75, 3.05) is 6.61 Å². The van der Waals surface area contributed by atoms with Gasteiger partial charge in [-0.1, -0.05) is 23.7 Å². The van der Waals surface area contributed by atoms with Crippen molar-refractivity contribution in [2.45, 2.75) is 11.8 Å². The van der Waals surface area contributed by atoms with Crippen molar-refractivity contribution in [3.8, 4) is 11.4 Å². The number of esters is 1. The molecule has 0 spiro atoms. The Bertz CT molecular complexity index is 1340. The quantitative estimate of drug-likeness (QED) is 0.287. The molecule has 0 aliphatic rings. The fraction of sp³-hybridized carbons (Fsp3) is 0.105. The molecule has 1 heterocycles. The summed E-state index contributed by atoms with van der Waals surface area (Å²) in [5.41, 5.74) is -1.10. The number of H-pyrrole nitrogens is 1. The maximum atomic E-state index is 13.0. The Labute approximate surface area is 181 Å². The first kappa shape index (κ1) is 22.3. The molecule has 0 aliphatic heterocycles. The third-order valence-electron chi connectivity index (χ3n) is 4.08. The first-order chi connectivity index (χ1) is 14.6. The molecular formula is C19H16ClN3O7S. The summed E-state index contributed by atoms with van der Waals surface area (Å²) in [4.78, 5) is 28.7. The van der Waals surface area contributed by atoms with Crippen LogP contribution >= 0.6 is 11.6 Å². The van der Waals surface area contributed by atoms with E-state index in [1.165, 1.54) is 0 Å². The van der Waals surface area contributed by atoms with Crippen molar-refractivity contribution in [1.29, 1.82) is 0 Å². The Kier molecular flexibility index (Phi) is 6.29. The van der Waals surface area contributed by atoms with Crippen molar-refractivity contribution in [1.82, 2.24) is 9.78 Å². The molecule has 2 aromatic carbocycles. The summed E-state index contributed by atoms with van der Waals surface area (Å²) in [5.74, 6) is -1.24.